The second-order valence-electron chi connectivity index (χ2n) is 4.97. The highest BCUT2D eigenvalue weighted by atomic mass is 14.9. The van der Waals surface area contributed by atoms with Crippen LogP contribution in [-0.4, -0.2) is 11.6 Å². The van der Waals surface area contributed by atoms with E-state index in [4.69, 9.17) is 11.5 Å². The van der Waals surface area contributed by atoms with Crippen LogP contribution >= 0.6 is 0 Å². The highest BCUT2D eigenvalue weighted by Gasteiger charge is 2.58. The van der Waals surface area contributed by atoms with Crippen molar-refractivity contribution >= 4 is 0 Å². The minimum Gasteiger partial charge on any atom is -0.326 e. The molecule has 4 N–H and O–H groups in total. The molecule has 0 saturated heterocycles. The fraction of sp³-hybridized carbons (Fsp3) is 1.00. The molecule has 0 spiro atoms. The summed E-state index contributed by atoms with van der Waals surface area (Å²) in [7, 11) is 0. The van der Waals surface area contributed by atoms with Gasteiger partial charge < -0.3 is 11.5 Å². The minimum absolute atomic E-state index is 0.0197. The average molecular weight is 154 g/mol. The van der Waals surface area contributed by atoms with Crippen molar-refractivity contribution in [1.82, 2.24) is 0 Å². The van der Waals surface area contributed by atoms with Gasteiger partial charge in [-0.05, 0) is 30.6 Å². The number of hydrogen-bond acceptors (Lipinski definition) is 2. The van der Waals surface area contributed by atoms with Crippen molar-refractivity contribution in [2.24, 2.45) is 22.8 Å². The first-order valence-corrected chi connectivity index (χ1v) is 4.51. The Labute approximate surface area is 68.3 Å². The Bertz CT molecular complexity index is 183. The Morgan fingerprint density at radius 1 is 1.36 bits per heavy atom. The first-order valence-electron chi connectivity index (χ1n) is 4.51. The van der Waals surface area contributed by atoms with Crippen LogP contribution in [0.5, 0.6) is 0 Å². The van der Waals surface area contributed by atoms with Crippen molar-refractivity contribution in [3.63, 3.8) is 0 Å². The van der Waals surface area contributed by atoms with Gasteiger partial charge in [-0.2, -0.15) is 0 Å². The molecule has 2 saturated carbocycles. The molecular formula is C9H18N2. The van der Waals surface area contributed by atoms with Crippen LogP contribution < -0.4 is 11.5 Å². The van der Waals surface area contributed by atoms with Gasteiger partial charge in [0.05, 0.1) is 0 Å². The molecule has 2 heteroatoms. The van der Waals surface area contributed by atoms with Gasteiger partial charge in [0.2, 0.25) is 0 Å². The molecule has 2 nitrogen and oxygen atoms in total. The molecule has 0 aromatic carbocycles. The van der Waals surface area contributed by atoms with Gasteiger partial charge >= 0.3 is 0 Å². The highest BCUT2D eigenvalue weighted by molar-refractivity contribution is 5.16. The lowest BCUT2D eigenvalue weighted by Crippen LogP contribution is -2.57. The Balaban J connectivity index is 2.34. The second kappa shape index (κ2) is 1.80. The van der Waals surface area contributed by atoms with E-state index in [0.29, 0.717) is 0 Å². The molecule has 2 bridgehead atoms. The predicted octanol–water partition coefficient (Wildman–Crippen LogP) is 0.851. The minimum atomic E-state index is -0.0197. The number of rotatable bonds is 0. The summed E-state index contributed by atoms with van der Waals surface area (Å²) >= 11 is 0. The van der Waals surface area contributed by atoms with Crippen LogP contribution in [0.25, 0.3) is 0 Å². The normalized spacial score (nSPS) is 53.5. The van der Waals surface area contributed by atoms with Crippen molar-refractivity contribution in [2.45, 2.75) is 44.7 Å². The molecule has 11 heavy (non-hydrogen) atoms. The largest absolute Gasteiger partial charge is 0.326 e. The van der Waals surface area contributed by atoms with Crippen molar-refractivity contribution in [2.75, 3.05) is 0 Å². The van der Waals surface area contributed by atoms with E-state index in [0.717, 1.165) is 18.8 Å². The third-order valence-corrected chi connectivity index (χ3v) is 4.06. The van der Waals surface area contributed by atoms with E-state index in [-0.39, 0.29) is 17.0 Å². The van der Waals surface area contributed by atoms with E-state index in [2.05, 4.69) is 13.8 Å². The Morgan fingerprint density at radius 2 is 2.00 bits per heavy atom. The van der Waals surface area contributed by atoms with Gasteiger partial charge in [0.15, 0.2) is 0 Å². The Morgan fingerprint density at radius 3 is 2.27 bits per heavy atom. The van der Waals surface area contributed by atoms with Gasteiger partial charge in [0.25, 0.3) is 0 Å². The van der Waals surface area contributed by atoms with Gasteiger partial charge in [0.1, 0.15) is 0 Å². The third kappa shape index (κ3) is 0.744. The van der Waals surface area contributed by atoms with Crippen LogP contribution in [0, 0.1) is 11.3 Å². The zero-order chi connectivity index (χ0) is 8.28. The predicted molar refractivity (Wildman–Crippen MR) is 46.0 cm³/mol. The molecule has 0 amide bonds. The summed E-state index contributed by atoms with van der Waals surface area (Å²) in [5.41, 5.74) is 12.6. The first kappa shape index (κ1) is 7.56. The van der Waals surface area contributed by atoms with E-state index >= 15 is 0 Å². The van der Waals surface area contributed by atoms with Crippen LogP contribution in [0.3, 0.4) is 0 Å². The fourth-order valence-electron chi connectivity index (χ4n) is 3.02. The summed E-state index contributed by atoms with van der Waals surface area (Å²) in [5, 5.41) is 0. The molecule has 0 aliphatic heterocycles. The summed E-state index contributed by atoms with van der Waals surface area (Å²) in [6.07, 6.45) is 3.58. The lowest BCUT2D eigenvalue weighted by molar-refractivity contribution is 0.169. The summed E-state index contributed by atoms with van der Waals surface area (Å²) in [5.74, 6) is 0.780. The van der Waals surface area contributed by atoms with Crippen LogP contribution in [0.4, 0.5) is 0 Å². The highest BCUT2D eigenvalue weighted by Crippen LogP contribution is 2.55. The van der Waals surface area contributed by atoms with Crippen molar-refractivity contribution in [3.8, 4) is 0 Å². The van der Waals surface area contributed by atoms with E-state index in [1.54, 1.807) is 0 Å². The molecule has 2 aliphatic rings. The maximum Gasteiger partial charge on any atom is 0.0316 e. The van der Waals surface area contributed by atoms with Crippen LogP contribution in [0.1, 0.15) is 33.1 Å². The topological polar surface area (TPSA) is 52.0 Å². The second-order valence-corrected chi connectivity index (χ2v) is 4.97. The summed E-state index contributed by atoms with van der Waals surface area (Å²) in [4.78, 5) is 0. The SMILES string of the molecule is CC1(C)[C@@H]2CC[C@](N)(C2)[C@@H]1N. The molecule has 2 fully saturated rings. The first-order chi connectivity index (χ1) is 4.97. The third-order valence-electron chi connectivity index (χ3n) is 4.06. The molecule has 3 atom stereocenters. The zero-order valence-electron chi connectivity index (χ0n) is 7.43. The number of nitrogens with two attached hydrogens (primary N) is 2. The van der Waals surface area contributed by atoms with Gasteiger partial charge in [-0.1, -0.05) is 13.8 Å². The van der Waals surface area contributed by atoms with E-state index < -0.39 is 0 Å². The van der Waals surface area contributed by atoms with E-state index in [1.807, 2.05) is 0 Å². The van der Waals surface area contributed by atoms with E-state index in [9.17, 15) is 0 Å². The molecule has 0 aromatic rings. The van der Waals surface area contributed by atoms with Crippen LogP contribution in [-0.2, 0) is 0 Å². The van der Waals surface area contributed by atoms with Gasteiger partial charge in [-0.15, -0.1) is 0 Å². The Hall–Kier alpha value is -0.0800. The lowest BCUT2D eigenvalue weighted by Gasteiger charge is -2.39. The van der Waals surface area contributed by atoms with Gasteiger partial charge in [0, 0.05) is 11.6 Å². The van der Waals surface area contributed by atoms with Gasteiger partial charge in [-0.25, -0.2) is 0 Å². The average Bonchev–Trinajstić information content (AvgIpc) is 2.36. The smallest absolute Gasteiger partial charge is 0.0316 e. The molecule has 2 rings (SSSR count). The zero-order valence-corrected chi connectivity index (χ0v) is 7.43. The molecule has 0 radical (unpaired) electrons. The number of fused-ring (bicyclic) bond motifs is 2. The molecular weight excluding hydrogens is 136 g/mol. The van der Waals surface area contributed by atoms with Crippen molar-refractivity contribution < 1.29 is 0 Å². The summed E-state index contributed by atoms with van der Waals surface area (Å²) < 4.78 is 0. The molecule has 64 valence electrons. The standard InChI is InChI=1S/C9H18N2/c1-8(2)6-3-4-9(11,5-6)7(8)10/h6-7H,3-5,10-11H2,1-2H3/t6-,7-,9+/m1/s1. The lowest BCUT2D eigenvalue weighted by atomic mass is 9.71. The Kier molecular flexibility index (Phi) is 1.24. The van der Waals surface area contributed by atoms with Crippen LogP contribution in [0.15, 0.2) is 0 Å². The molecule has 2 aliphatic carbocycles. The number of hydrogen-bond donors (Lipinski definition) is 2. The fourth-order valence-corrected chi connectivity index (χ4v) is 3.02. The maximum absolute atomic E-state index is 6.19. The van der Waals surface area contributed by atoms with Crippen molar-refractivity contribution in [3.05, 3.63) is 0 Å². The maximum atomic E-state index is 6.19. The quantitative estimate of drug-likeness (QED) is 0.543. The molecule has 0 unspecified atom stereocenters. The van der Waals surface area contributed by atoms with Crippen LogP contribution in [0.2, 0.25) is 0 Å². The molecule has 0 aromatic heterocycles. The summed E-state index contributed by atoms with van der Waals surface area (Å²) in [6.45, 7) is 4.52. The summed E-state index contributed by atoms with van der Waals surface area (Å²) in [6, 6.07) is 0.216. The van der Waals surface area contributed by atoms with Crippen molar-refractivity contribution in [1.29, 1.82) is 0 Å². The monoisotopic (exact) mass is 154 g/mol. The van der Waals surface area contributed by atoms with Gasteiger partial charge in [-0.3, -0.25) is 0 Å². The molecule has 0 heterocycles. The van der Waals surface area contributed by atoms with E-state index in [1.165, 1.54) is 6.42 Å².